The van der Waals surface area contributed by atoms with Crippen LogP contribution in [0.4, 0.5) is 0 Å². The van der Waals surface area contributed by atoms with Crippen molar-refractivity contribution in [2.45, 2.75) is 32.7 Å². The molecule has 1 fully saturated rings. The fourth-order valence-electron chi connectivity index (χ4n) is 2.55. The lowest BCUT2D eigenvalue weighted by Gasteiger charge is -2.29. The monoisotopic (exact) mass is 249 g/mol. The number of carbonyl (C=O) groups is 1. The summed E-state index contributed by atoms with van der Waals surface area (Å²) in [7, 11) is 1.93. The van der Waals surface area contributed by atoms with E-state index in [0.29, 0.717) is 5.92 Å². The van der Waals surface area contributed by atoms with Gasteiger partial charge in [0, 0.05) is 18.8 Å². The van der Waals surface area contributed by atoms with Crippen LogP contribution in [-0.2, 0) is 7.05 Å². The third-order valence-electron chi connectivity index (χ3n) is 4.01. The highest BCUT2D eigenvalue weighted by atomic mass is 16.2. The van der Waals surface area contributed by atoms with E-state index in [1.54, 1.807) is 0 Å². The summed E-state index contributed by atoms with van der Waals surface area (Å²) < 4.78 is 1.93. The molecule has 0 saturated carbocycles. The predicted octanol–water partition coefficient (Wildman–Crippen LogP) is 1.45. The quantitative estimate of drug-likeness (QED) is 0.851. The average molecular weight is 249 g/mol. The molecule has 2 rings (SSSR count). The van der Waals surface area contributed by atoms with Gasteiger partial charge in [0.15, 0.2) is 0 Å². The second-order valence-corrected chi connectivity index (χ2v) is 5.29. The Morgan fingerprint density at radius 1 is 1.56 bits per heavy atom. The number of hydrogen-bond donors (Lipinski definition) is 2. The van der Waals surface area contributed by atoms with E-state index in [-0.39, 0.29) is 11.9 Å². The minimum atomic E-state index is 0.0312. The molecule has 100 valence electrons. The molecule has 2 heterocycles. The molecule has 0 aliphatic carbocycles. The molecule has 1 aliphatic rings. The van der Waals surface area contributed by atoms with Crippen LogP contribution in [0.25, 0.3) is 0 Å². The number of piperidine rings is 1. The SMILES string of the molecule is Cc1ccc(C(=O)NC(C)C2CCCNC2)n1C. The molecule has 4 heteroatoms. The molecule has 2 unspecified atom stereocenters. The van der Waals surface area contributed by atoms with Gasteiger partial charge in [-0.1, -0.05) is 0 Å². The van der Waals surface area contributed by atoms with Crippen molar-refractivity contribution in [3.05, 3.63) is 23.5 Å². The fourth-order valence-corrected chi connectivity index (χ4v) is 2.55. The Morgan fingerprint density at radius 3 is 2.89 bits per heavy atom. The zero-order valence-electron chi connectivity index (χ0n) is 11.5. The van der Waals surface area contributed by atoms with Crippen LogP contribution in [0.2, 0.25) is 0 Å². The lowest BCUT2D eigenvalue weighted by atomic mass is 9.93. The van der Waals surface area contributed by atoms with Crippen LogP contribution in [0, 0.1) is 12.8 Å². The normalized spacial score (nSPS) is 21.6. The molecule has 18 heavy (non-hydrogen) atoms. The molecule has 1 saturated heterocycles. The Labute approximate surface area is 109 Å². The minimum absolute atomic E-state index is 0.0312. The van der Waals surface area contributed by atoms with Gasteiger partial charge in [-0.05, 0) is 57.8 Å². The average Bonchev–Trinajstić information content (AvgIpc) is 2.71. The number of nitrogens with one attached hydrogen (secondary N) is 2. The fraction of sp³-hybridized carbons (Fsp3) is 0.643. The van der Waals surface area contributed by atoms with E-state index in [4.69, 9.17) is 0 Å². The molecule has 4 nitrogen and oxygen atoms in total. The van der Waals surface area contributed by atoms with Gasteiger partial charge >= 0.3 is 0 Å². The maximum atomic E-state index is 12.2. The smallest absolute Gasteiger partial charge is 0.268 e. The lowest BCUT2D eigenvalue weighted by Crippen LogP contribution is -2.44. The molecular formula is C14H23N3O. The Bertz CT molecular complexity index is 419. The highest BCUT2D eigenvalue weighted by molar-refractivity contribution is 5.93. The van der Waals surface area contributed by atoms with Crippen molar-refractivity contribution in [1.82, 2.24) is 15.2 Å². The zero-order valence-corrected chi connectivity index (χ0v) is 11.5. The van der Waals surface area contributed by atoms with E-state index in [2.05, 4.69) is 17.6 Å². The molecule has 0 spiro atoms. The van der Waals surface area contributed by atoms with Crippen LogP contribution in [0.3, 0.4) is 0 Å². The lowest BCUT2D eigenvalue weighted by molar-refractivity contribution is 0.0913. The Morgan fingerprint density at radius 2 is 2.33 bits per heavy atom. The van der Waals surface area contributed by atoms with Gasteiger partial charge in [0.25, 0.3) is 5.91 Å². The molecule has 0 radical (unpaired) electrons. The van der Waals surface area contributed by atoms with E-state index in [1.807, 2.05) is 30.7 Å². The summed E-state index contributed by atoms with van der Waals surface area (Å²) in [5.41, 5.74) is 1.84. The number of amides is 1. The molecule has 2 N–H and O–H groups in total. The summed E-state index contributed by atoms with van der Waals surface area (Å²) in [6, 6.07) is 4.08. The number of nitrogens with zero attached hydrogens (tertiary/aromatic N) is 1. The summed E-state index contributed by atoms with van der Waals surface area (Å²) in [5.74, 6) is 0.577. The van der Waals surface area contributed by atoms with Gasteiger partial charge in [-0.3, -0.25) is 4.79 Å². The molecule has 1 aliphatic heterocycles. The zero-order chi connectivity index (χ0) is 13.1. The summed E-state index contributed by atoms with van der Waals surface area (Å²) in [5, 5.41) is 6.51. The highest BCUT2D eigenvalue weighted by Gasteiger charge is 2.22. The standard InChI is InChI=1S/C14H23N3O/c1-10-6-7-13(17(10)3)14(18)16-11(2)12-5-4-8-15-9-12/h6-7,11-12,15H,4-5,8-9H2,1-3H3,(H,16,18). The number of rotatable bonds is 3. The van der Waals surface area contributed by atoms with Crippen molar-refractivity contribution >= 4 is 5.91 Å². The number of hydrogen-bond acceptors (Lipinski definition) is 2. The van der Waals surface area contributed by atoms with Crippen LogP contribution in [-0.4, -0.2) is 29.6 Å². The molecule has 0 aromatic carbocycles. The summed E-state index contributed by atoms with van der Waals surface area (Å²) in [4.78, 5) is 12.2. The Kier molecular flexibility index (Phi) is 4.07. The van der Waals surface area contributed by atoms with Gasteiger partial charge in [0.1, 0.15) is 5.69 Å². The van der Waals surface area contributed by atoms with E-state index in [0.717, 1.165) is 24.5 Å². The second-order valence-electron chi connectivity index (χ2n) is 5.29. The van der Waals surface area contributed by atoms with Crippen molar-refractivity contribution in [2.24, 2.45) is 13.0 Å². The van der Waals surface area contributed by atoms with Gasteiger partial charge in [-0.25, -0.2) is 0 Å². The number of aryl methyl sites for hydroxylation is 1. The van der Waals surface area contributed by atoms with Crippen molar-refractivity contribution in [3.63, 3.8) is 0 Å². The number of carbonyl (C=O) groups excluding carboxylic acids is 1. The minimum Gasteiger partial charge on any atom is -0.348 e. The van der Waals surface area contributed by atoms with Gasteiger partial charge in [0.05, 0.1) is 0 Å². The summed E-state index contributed by atoms with van der Waals surface area (Å²) in [6.45, 7) is 6.22. The second kappa shape index (κ2) is 5.57. The van der Waals surface area contributed by atoms with Gasteiger partial charge in [-0.15, -0.1) is 0 Å². The van der Waals surface area contributed by atoms with E-state index < -0.39 is 0 Å². The Balaban J connectivity index is 1.96. The van der Waals surface area contributed by atoms with Crippen molar-refractivity contribution in [3.8, 4) is 0 Å². The first-order valence-electron chi connectivity index (χ1n) is 6.73. The van der Waals surface area contributed by atoms with E-state index >= 15 is 0 Å². The third-order valence-corrected chi connectivity index (χ3v) is 4.01. The topological polar surface area (TPSA) is 46.1 Å². The first-order valence-corrected chi connectivity index (χ1v) is 6.73. The van der Waals surface area contributed by atoms with Gasteiger partial charge < -0.3 is 15.2 Å². The maximum Gasteiger partial charge on any atom is 0.268 e. The van der Waals surface area contributed by atoms with Crippen LogP contribution >= 0.6 is 0 Å². The number of aromatic nitrogens is 1. The third kappa shape index (κ3) is 2.75. The first kappa shape index (κ1) is 13.1. The predicted molar refractivity (Wildman–Crippen MR) is 72.7 cm³/mol. The van der Waals surface area contributed by atoms with Crippen molar-refractivity contribution in [1.29, 1.82) is 0 Å². The van der Waals surface area contributed by atoms with Gasteiger partial charge in [0.2, 0.25) is 0 Å². The molecular weight excluding hydrogens is 226 g/mol. The summed E-state index contributed by atoms with van der Waals surface area (Å²) in [6.07, 6.45) is 2.40. The van der Waals surface area contributed by atoms with Crippen LogP contribution in [0.1, 0.15) is 35.9 Å². The molecule has 0 bridgehead atoms. The van der Waals surface area contributed by atoms with Crippen molar-refractivity contribution in [2.75, 3.05) is 13.1 Å². The molecule has 1 aromatic heterocycles. The van der Waals surface area contributed by atoms with Crippen LogP contribution < -0.4 is 10.6 Å². The van der Waals surface area contributed by atoms with E-state index in [1.165, 1.54) is 12.8 Å². The largest absolute Gasteiger partial charge is 0.348 e. The van der Waals surface area contributed by atoms with E-state index in [9.17, 15) is 4.79 Å². The Hall–Kier alpha value is -1.29. The first-order chi connectivity index (χ1) is 8.59. The molecule has 1 aromatic rings. The maximum absolute atomic E-state index is 12.2. The highest BCUT2D eigenvalue weighted by Crippen LogP contribution is 2.15. The molecule has 1 amide bonds. The van der Waals surface area contributed by atoms with Crippen LogP contribution in [0.15, 0.2) is 12.1 Å². The van der Waals surface area contributed by atoms with Gasteiger partial charge in [-0.2, -0.15) is 0 Å². The van der Waals surface area contributed by atoms with Crippen LogP contribution in [0.5, 0.6) is 0 Å². The summed E-state index contributed by atoms with van der Waals surface area (Å²) >= 11 is 0. The molecule has 2 atom stereocenters. The van der Waals surface area contributed by atoms with Crippen molar-refractivity contribution < 1.29 is 4.79 Å².